The molecule has 88 valence electrons. The number of carboxylic acid groups (broad SMARTS) is 1. The smallest absolute Gasteiger partial charge is 0.337 e. The third-order valence-electron chi connectivity index (χ3n) is 2.39. The van der Waals surface area contributed by atoms with Gasteiger partial charge in [-0.25, -0.2) is 14.8 Å². The molecule has 0 aromatic carbocycles. The summed E-state index contributed by atoms with van der Waals surface area (Å²) in [6.45, 7) is 5.27. The number of aromatic nitrogens is 4. The fourth-order valence-electron chi connectivity index (χ4n) is 1.63. The van der Waals surface area contributed by atoms with Crippen molar-refractivity contribution < 1.29 is 9.90 Å². The van der Waals surface area contributed by atoms with Crippen LogP contribution in [-0.2, 0) is 0 Å². The zero-order chi connectivity index (χ0) is 12.6. The lowest BCUT2D eigenvalue weighted by Crippen LogP contribution is -2.07. The van der Waals surface area contributed by atoms with Gasteiger partial charge in [0, 0.05) is 0 Å². The van der Waals surface area contributed by atoms with E-state index < -0.39 is 5.97 Å². The van der Waals surface area contributed by atoms with E-state index in [1.54, 1.807) is 24.6 Å². The van der Waals surface area contributed by atoms with Crippen LogP contribution in [0.3, 0.4) is 0 Å². The lowest BCUT2D eigenvalue weighted by Gasteiger charge is -2.05. The number of aromatic carboxylic acids is 1. The number of carbonyl (C=O) groups is 1. The number of hydrogen-bond donors (Lipinski definition) is 1. The predicted octanol–water partition coefficient (Wildman–Crippen LogP) is 1.29. The number of aryl methyl sites for hydroxylation is 3. The Morgan fingerprint density at radius 1 is 1.24 bits per heavy atom. The Hall–Kier alpha value is -2.24. The highest BCUT2D eigenvalue weighted by molar-refractivity contribution is 5.88. The van der Waals surface area contributed by atoms with Crippen molar-refractivity contribution >= 4 is 5.97 Å². The molecule has 0 fully saturated rings. The van der Waals surface area contributed by atoms with Crippen LogP contribution in [0.25, 0.3) is 5.82 Å². The van der Waals surface area contributed by atoms with Crippen molar-refractivity contribution in [1.82, 2.24) is 19.7 Å². The molecule has 0 saturated carbocycles. The minimum Gasteiger partial charge on any atom is -0.478 e. The summed E-state index contributed by atoms with van der Waals surface area (Å²) >= 11 is 0. The van der Waals surface area contributed by atoms with Gasteiger partial charge in [-0.1, -0.05) is 0 Å². The summed E-state index contributed by atoms with van der Waals surface area (Å²) in [7, 11) is 0. The molecule has 0 amide bonds. The van der Waals surface area contributed by atoms with E-state index in [2.05, 4.69) is 15.1 Å². The van der Waals surface area contributed by atoms with E-state index in [0.717, 1.165) is 5.82 Å². The topological polar surface area (TPSA) is 80.9 Å². The molecule has 0 saturated heterocycles. The zero-order valence-corrected chi connectivity index (χ0v) is 9.80. The van der Waals surface area contributed by atoms with E-state index in [-0.39, 0.29) is 5.56 Å². The Labute approximate surface area is 98.0 Å². The summed E-state index contributed by atoms with van der Waals surface area (Å²) in [5, 5.41) is 13.1. The average Bonchev–Trinajstić information content (AvgIpc) is 2.57. The van der Waals surface area contributed by atoms with E-state index in [1.807, 2.05) is 6.92 Å². The summed E-state index contributed by atoms with van der Waals surface area (Å²) in [5.41, 5.74) is 0.658. The zero-order valence-electron chi connectivity index (χ0n) is 9.80. The first-order valence-corrected chi connectivity index (χ1v) is 5.10. The van der Waals surface area contributed by atoms with Crippen molar-refractivity contribution in [1.29, 1.82) is 0 Å². The second-order valence-corrected chi connectivity index (χ2v) is 3.73. The molecule has 2 heterocycles. The Balaban J connectivity index is 2.51. The first-order chi connectivity index (χ1) is 7.99. The molecule has 1 N–H and O–H groups in total. The highest BCUT2D eigenvalue weighted by Gasteiger charge is 2.11. The fourth-order valence-corrected chi connectivity index (χ4v) is 1.63. The van der Waals surface area contributed by atoms with Gasteiger partial charge in [-0.15, -0.1) is 5.10 Å². The van der Waals surface area contributed by atoms with E-state index in [9.17, 15) is 4.79 Å². The second kappa shape index (κ2) is 3.97. The van der Waals surface area contributed by atoms with Gasteiger partial charge in [-0.2, -0.15) is 4.68 Å². The first-order valence-electron chi connectivity index (χ1n) is 5.10. The maximum absolute atomic E-state index is 10.9. The maximum atomic E-state index is 10.9. The molecular formula is C11H12N4O2. The number of carboxylic acids is 1. The van der Waals surface area contributed by atoms with Gasteiger partial charge in [0.1, 0.15) is 11.6 Å². The molecule has 0 atom stereocenters. The molecule has 0 radical (unpaired) electrons. The SMILES string of the molecule is Cc1nc(C)n(-c2ccc(C(=O)O)c(C)n2)n1. The van der Waals surface area contributed by atoms with Crippen molar-refractivity contribution in [2.24, 2.45) is 0 Å². The van der Waals surface area contributed by atoms with Crippen LogP contribution in [0.4, 0.5) is 0 Å². The Morgan fingerprint density at radius 3 is 2.41 bits per heavy atom. The quantitative estimate of drug-likeness (QED) is 0.843. The van der Waals surface area contributed by atoms with Crippen LogP contribution in [0.15, 0.2) is 12.1 Å². The third kappa shape index (κ3) is 2.01. The van der Waals surface area contributed by atoms with Crippen molar-refractivity contribution in [3.05, 3.63) is 35.0 Å². The molecule has 2 rings (SSSR count). The van der Waals surface area contributed by atoms with Crippen molar-refractivity contribution in [3.8, 4) is 5.82 Å². The molecule has 0 aliphatic carbocycles. The van der Waals surface area contributed by atoms with Gasteiger partial charge in [0.25, 0.3) is 0 Å². The number of nitrogens with zero attached hydrogens (tertiary/aromatic N) is 4. The molecule has 0 bridgehead atoms. The molecule has 0 spiro atoms. The van der Waals surface area contributed by atoms with Gasteiger partial charge in [0.15, 0.2) is 5.82 Å². The van der Waals surface area contributed by atoms with Gasteiger partial charge in [-0.05, 0) is 32.9 Å². The average molecular weight is 232 g/mol. The Morgan fingerprint density at radius 2 is 1.94 bits per heavy atom. The molecule has 0 unspecified atom stereocenters. The van der Waals surface area contributed by atoms with Gasteiger partial charge in [0.05, 0.1) is 11.3 Å². The molecule has 6 nitrogen and oxygen atoms in total. The second-order valence-electron chi connectivity index (χ2n) is 3.73. The van der Waals surface area contributed by atoms with Gasteiger partial charge < -0.3 is 5.11 Å². The summed E-state index contributed by atoms with van der Waals surface area (Å²) in [6, 6.07) is 3.15. The summed E-state index contributed by atoms with van der Waals surface area (Å²) in [6.07, 6.45) is 0. The van der Waals surface area contributed by atoms with E-state index in [0.29, 0.717) is 17.3 Å². The summed E-state index contributed by atoms with van der Waals surface area (Å²) in [5.74, 6) is 0.973. The highest BCUT2D eigenvalue weighted by Crippen LogP contribution is 2.11. The van der Waals surface area contributed by atoms with Crippen LogP contribution in [0.5, 0.6) is 0 Å². The predicted molar refractivity (Wildman–Crippen MR) is 60.3 cm³/mol. The highest BCUT2D eigenvalue weighted by atomic mass is 16.4. The lowest BCUT2D eigenvalue weighted by molar-refractivity contribution is 0.0695. The van der Waals surface area contributed by atoms with Crippen LogP contribution in [0.1, 0.15) is 27.7 Å². The maximum Gasteiger partial charge on any atom is 0.337 e. The summed E-state index contributed by atoms with van der Waals surface area (Å²) < 4.78 is 1.59. The molecule has 0 aliphatic heterocycles. The minimum atomic E-state index is -0.979. The van der Waals surface area contributed by atoms with Crippen LogP contribution < -0.4 is 0 Å². The minimum absolute atomic E-state index is 0.197. The molecule has 2 aromatic rings. The number of rotatable bonds is 2. The molecular weight excluding hydrogens is 220 g/mol. The lowest BCUT2D eigenvalue weighted by atomic mass is 10.2. The fraction of sp³-hybridized carbons (Fsp3) is 0.273. The van der Waals surface area contributed by atoms with Crippen LogP contribution in [0.2, 0.25) is 0 Å². The van der Waals surface area contributed by atoms with Gasteiger partial charge >= 0.3 is 5.97 Å². The van der Waals surface area contributed by atoms with E-state index in [1.165, 1.54) is 6.07 Å². The van der Waals surface area contributed by atoms with Gasteiger partial charge in [-0.3, -0.25) is 0 Å². The van der Waals surface area contributed by atoms with Gasteiger partial charge in [0.2, 0.25) is 0 Å². The first kappa shape index (κ1) is 11.3. The largest absolute Gasteiger partial charge is 0.478 e. The normalized spacial score (nSPS) is 10.5. The summed E-state index contributed by atoms with van der Waals surface area (Å²) in [4.78, 5) is 19.3. The van der Waals surface area contributed by atoms with Crippen molar-refractivity contribution in [2.45, 2.75) is 20.8 Å². The Bertz CT molecular complexity index is 589. The monoisotopic (exact) mass is 232 g/mol. The van der Waals surface area contributed by atoms with Crippen molar-refractivity contribution in [2.75, 3.05) is 0 Å². The number of pyridine rings is 1. The van der Waals surface area contributed by atoms with Crippen molar-refractivity contribution in [3.63, 3.8) is 0 Å². The molecule has 0 aliphatic rings. The van der Waals surface area contributed by atoms with Crippen LogP contribution in [0, 0.1) is 20.8 Å². The Kier molecular flexibility index (Phi) is 2.63. The molecule has 17 heavy (non-hydrogen) atoms. The molecule has 2 aromatic heterocycles. The van der Waals surface area contributed by atoms with Crippen LogP contribution >= 0.6 is 0 Å². The van der Waals surface area contributed by atoms with E-state index >= 15 is 0 Å². The number of hydrogen-bond acceptors (Lipinski definition) is 4. The van der Waals surface area contributed by atoms with Crippen LogP contribution in [-0.4, -0.2) is 30.8 Å². The standard InChI is InChI=1S/C11H12N4O2/c1-6-9(11(16)17)4-5-10(12-6)15-8(3)13-7(2)14-15/h4-5H,1-3H3,(H,16,17). The molecule has 6 heteroatoms. The van der Waals surface area contributed by atoms with E-state index in [4.69, 9.17) is 5.11 Å². The third-order valence-corrected chi connectivity index (χ3v) is 2.39.